The first-order valence-corrected chi connectivity index (χ1v) is 8.90. The summed E-state index contributed by atoms with van der Waals surface area (Å²) in [5.74, 6) is -0.436. The van der Waals surface area contributed by atoms with Crippen molar-refractivity contribution in [3.63, 3.8) is 0 Å². The molecule has 0 bridgehead atoms. The largest absolute Gasteiger partial charge is 0.335 e. The summed E-state index contributed by atoms with van der Waals surface area (Å²) in [6.45, 7) is 2.07. The third kappa shape index (κ3) is 3.38. The van der Waals surface area contributed by atoms with Crippen LogP contribution in [0.4, 0.5) is 5.69 Å². The average Bonchev–Trinajstić information content (AvgIpc) is 2.79. The zero-order valence-electron chi connectivity index (χ0n) is 11.9. The van der Waals surface area contributed by atoms with Crippen LogP contribution in [-0.2, 0) is 9.84 Å². The van der Waals surface area contributed by atoms with Gasteiger partial charge in [0.25, 0.3) is 11.6 Å². The first kappa shape index (κ1) is 16.7. The maximum atomic E-state index is 12.5. The Morgan fingerprint density at radius 3 is 2.68 bits per heavy atom. The highest BCUT2D eigenvalue weighted by Crippen LogP contribution is 2.27. The molecule has 0 aliphatic carbocycles. The van der Waals surface area contributed by atoms with Crippen LogP contribution in [0.5, 0.6) is 0 Å². The molecule has 1 saturated heterocycles. The summed E-state index contributed by atoms with van der Waals surface area (Å²) in [6, 6.07) is 3.43. The average molecular weight is 347 g/mol. The molecule has 0 radical (unpaired) electrons. The lowest BCUT2D eigenvalue weighted by atomic mass is 10.1. The zero-order valence-corrected chi connectivity index (χ0v) is 13.4. The van der Waals surface area contributed by atoms with E-state index < -0.39 is 26.7 Å². The molecule has 0 aromatic heterocycles. The summed E-state index contributed by atoms with van der Waals surface area (Å²) >= 11 is 5.73. The lowest BCUT2D eigenvalue weighted by Gasteiger charge is -2.26. The van der Waals surface area contributed by atoms with E-state index in [0.29, 0.717) is 13.0 Å². The van der Waals surface area contributed by atoms with Gasteiger partial charge in [-0.15, -0.1) is 0 Å². The van der Waals surface area contributed by atoms with Crippen LogP contribution in [0.1, 0.15) is 23.7 Å². The van der Waals surface area contributed by atoms with Crippen molar-refractivity contribution in [2.45, 2.75) is 19.4 Å². The fourth-order valence-corrected chi connectivity index (χ4v) is 4.46. The van der Waals surface area contributed by atoms with E-state index in [9.17, 15) is 23.3 Å². The second kappa shape index (κ2) is 6.21. The number of benzene rings is 1. The molecular weight excluding hydrogens is 332 g/mol. The summed E-state index contributed by atoms with van der Waals surface area (Å²) in [4.78, 5) is 24.2. The Bertz CT molecular complexity index is 719. The Hall–Kier alpha value is -1.67. The summed E-state index contributed by atoms with van der Waals surface area (Å²) in [5, 5.41) is 10.8. The monoisotopic (exact) mass is 346 g/mol. The fraction of sp³-hybridized carbons (Fsp3) is 0.462. The molecule has 1 fully saturated rings. The Kier molecular flexibility index (Phi) is 4.72. The summed E-state index contributed by atoms with van der Waals surface area (Å²) in [6.07, 6.45) is 0.387. The standard InChI is InChI=1S/C13H15ClN2O5S/c1-2-15(10-5-6-22(20,21)8-10)13(17)9-3-4-11(14)12(7-9)16(18)19/h3-4,7,10H,2,5-6,8H2,1H3/t10-/m1/s1. The quantitative estimate of drug-likeness (QED) is 0.612. The van der Waals surface area contributed by atoms with Gasteiger partial charge < -0.3 is 4.90 Å². The summed E-state index contributed by atoms with van der Waals surface area (Å²) < 4.78 is 23.1. The lowest BCUT2D eigenvalue weighted by Crippen LogP contribution is -2.41. The molecule has 0 unspecified atom stereocenters. The highest BCUT2D eigenvalue weighted by Gasteiger charge is 2.34. The van der Waals surface area contributed by atoms with E-state index in [1.54, 1.807) is 6.92 Å². The van der Waals surface area contributed by atoms with Crippen molar-refractivity contribution in [1.82, 2.24) is 4.90 Å². The van der Waals surface area contributed by atoms with Crippen molar-refractivity contribution < 1.29 is 18.1 Å². The van der Waals surface area contributed by atoms with Crippen molar-refractivity contribution in [3.8, 4) is 0 Å². The minimum atomic E-state index is -3.12. The number of nitro benzene ring substituents is 1. The Labute approximate surface area is 132 Å². The van der Waals surface area contributed by atoms with Crippen molar-refractivity contribution in [1.29, 1.82) is 0 Å². The van der Waals surface area contributed by atoms with Gasteiger partial charge in [-0.25, -0.2) is 8.42 Å². The van der Waals surface area contributed by atoms with E-state index in [0.717, 1.165) is 6.07 Å². The molecule has 22 heavy (non-hydrogen) atoms. The van der Waals surface area contributed by atoms with Crippen molar-refractivity contribution >= 4 is 33.0 Å². The van der Waals surface area contributed by atoms with Gasteiger partial charge in [-0.1, -0.05) is 11.6 Å². The molecular formula is C13H15ClN2O5S. The molecule has 120 valence electrons. The van der Waals surface area contributed by atoms with Crippen LogP contribution in [0.15, 0.2) is 18.2 Å². The number of hydrogen-bond donors (Lipinski definition) is 0. The number of hydrogen-bond acceptors (Lipinski definition) is 5. The molecule has 1 atom stereocenters. The summed E-state index contributed by atoms with van der Waals surface area (Å²) in [7, 11) is -3.12. The van der Waals surface area contributed by atoms with Crippen LogP contribution >= 0.6 is 11.6 Å². The predicted molar refractivity (Wildman–Crippen MR) is 81.9 cm³/mol. The topological polar surface area (TPSA) is 97.6 Å². The van der Waals surface area contributed by atoms with E-state index >= 15 is 0 Å². The molecule has 1 heterocycles. The smallest absolute Gasteiger partial charge is 0.288 e. The molecule has 1 aliphatic heterocycles. The Morgan fingerprint density at radius 2 is 2.18 bits per heavy atom. The van der Waals surface area contributed by atoms with Gasteiger partial charge >= 0.3 is 0 Å². The molecule has 1 aromatic rings. The molecule has 0 spiro atoms. The normalized spacial score (nSPS) is 19.8. The van der Waals surface area contributed by atoms with Crippen molar-refractivity contribution in [2.24, 2.45) is 0 Å². The number of halogens is 1. The number of carbonyl (C=O) groups is 1. The number of rotatable bonds is 4. The van der Waals surface area contributed by atoms with E-state index in [-0.39, 0.29) is 27.8 Å². The van der Waals surface area contributed by atoms with Gasteiger partial charge in [0.2, 0.25) is 0 Å². The van der Waals surface area contributed by atoms with Gasteiger partial charge in [-0.2, -0.15) is 0 Å². The predicted octanol–water partition coefficient (Wildman–Crippen LogP) is 1.90. The molecule has 0 N–H and O–H groups in total. The van der Waals surface area contributed by atoms with Crippen LogP contribution in [0, 0.1) is 10.1 Å². The fourth-order valence-electron chi connectivity index (χ4n) is 2.54. The zero-order chi connectivity index (χ0) is 16.5. The Balaban J connectivity index is 2.29. The van der Waals surface area contributed by atoms with Gasteiger partial charge in [0, 0.05) is 24.2 Å². The number of amides is 1. The van der Waals surface area contributed by atoms with Gasteiger partial charge in [0.1, 0.15) is 5.02 Å². The van der Waals surface area contributed by atoms with Gasteiger partial charge in [-0.3, -0.25) is 14.9 Å². The van der Waals surface area contributed by atoms with E-state index in [4.69, 9.17) is 11.6 Å². The third-order valence-electron chi connectivity index (χ3n) is 3.64. The van der Waals surface area contributed by atoms with E-state index in [2.05, 4.69) is 0 Å². The first-order chi connectivity index (χ1) is 10.2. The van der Waals surface area contributed by atoms with Crippen LogP contribution in [0.25, 0.3) is 0 Å². The van der Waals surface area contributed by atoms with Crippen LogP contribution < -0.4 is 0 Å². The van der Waals surface area contributed by atoms with E-state index in [1.165, 1.54) is 17.0 Å². The second-order valence-electron chi connectivity index (χ2n) is 5.07. The van der Waals surface area contributed by atoms with Gasteiger partial charge in [0.15, 0.2) is 9.84 Å². The SMILES string of the molecule is CCN(C(=O)c1ccc(Cl)c([N+](=O)[O-])c1)[C@@H]1CCS(=O)(=O)C1. The highest BCUT2D eigenvalue weighted by atomic mass is 35.5. The molecule has 9 heteroatoms. The first-order valence-electron chi connectivity index (χ1n) is 6.70. The van der Waals surface area contributed by atoms with Gasteiger partial charge in [-0.05, 0) is 25.5 Å². The Morgan fingerprint density at radius 1 is 1.50 bits per heavy atom. The number of carbonyl (C=O) groups excluding carboxylic acids is 1. The highest BCUT2D eigenvalue weighted by molar-refractivity contribution is 7.91. The molecule has 0 saturated carbocycles. The number of nitro groups is 1. The second-order valence-corrected chi connectivity index (χ2v) is 7.71. The molecule has 1 aromatic carbocycles. The van der Waals surface area contributed by atoms with Crippen LogP contribution in [0.2, 0.25) is 5.02 Å². The minimum Gasteiger partial charge on any atom is -0.335 e. The lowest BCUT2D eigenvalue weighted by molar-refractivity contribution is -0.384. The van der Waals surface area contributed by atoms with Crippen molar-refractivity contribution in [3.05, 3.63) is 38.9 Å². The molecule has 7 nitrogen and oxygen atoms in total. The number of nitrogens with zero attached hydrogens (tertiary/aromatic N) is 2. The maximum Gasteiger partial charge on any atom is 0.288 e. The number of sulfone groups is 1. The molecule has 1 amide bonds. The minimum absolute atomic E-state index is 0.0481. The third-order valence-corrected chi connectivity index (χ3v) is 5.71. The molecule has 2 rings (SSSR count). The van der Waals surface area contributed by atoms with E-state index in [1.807, 2.05) is 0 Å². The van der Waals surface area contributed by atoms with Crippen LogP contribution in [-0.4, -0.2) is 48.2 Å². The maximum absolute atomic E-state index is 12.5. The van der Waals surface area contributed by atoms with Gasteiger partial charge in [0.05, 0.1) is 16.4 Å². The van der Waals surface area contributed by atoms with Crippen LogP contribution in [0.3, 0.4) is 0 Å². The van der Waals surface area contributed by atoms with Crippen molar-refractivity contribution in [2.75, 3.05) is 18.1 Å². The summed E-state index contributed by atoms with van der Waals surface area (Å²) in [5.41, 5.74) is -0.218. The molecule has 1 aliphatic rings.